The van der Waals surface area contributed by atoms with E-state index < -0.39 is 6.10 Å². The summed E-state index contributed by atoms with van der Waals surface area (Å²) in [5.41, 5.74) is 1.18. The van der Waals surface area contributed by atoms with Crippen molar-refractivity contribution in [3.63, 3.8) is 0 Å². The molecule has 0 bridgehead atoms. The fourth-order valence-corrected chi connectivity index (χ4v) is 3.06. The van der Waals surface area contributed by atoms with E-state index in [-0.39, 0.29) is 5.91 Å². The minimum Gasteiger partial charge on any atom is -0.481 e. The molecule has 1 amide bonds. The van der Waals surface area contributed by atoms with Crippen molar-refractivity contribution in [2.45, 2.75) is 13.0 Å². The van der Waals surface area contributed by atoms with Crippen LogP contribution < -0.4 is 14.6 Å². The molecule has 1 aliphatic rings. The molecule has 1 N–H and O–H groups in total. The molecule has 0 aliphatic carbocycles. The van der Waals surface area contributed by atoms with Crippen molar-refractivity contribution >= 4 is 27.5 Å². The van der Waals surface area contributed by atoms with E-state index in [0.29, 0.717) is 18.8 Å². The molecule has 2 heterocycles. The van der Waals surface area contributed by atoms with Crippen LogP contribution in [0, 0.1) is 0 Å². The molecule has 0 saturated carbocycles. The molecule has 0 unspecified atom stereocenters. The summed E-state index contributed by atoms with van der Waals surface area (Å²) in [6.07, 6.45) is 3.35. The van der Waals surface area contributed by atoms with E-state index >= 15 is 0 Å². The van der Waals surface area contributed by atoms with Crippen molar-refractivity contribution in [1.82, 2.24) is 4.90 Å². The Kier molecular flexibility index (Phi) is 5.35. The maximum Gasteiger partial charge on any atom is 0.263 e. The second-order valence-corrected chi connectivity index (χ2v) is 6.70. The van der Waals surface area contributed by atoms with Crippen LogP contribution in [-0.2, 0) is 4.79 Å². The number of rotatable bonds is 4. The third-order valence-electron chi connectivity index (χ3n) is 4.13. The van der Waals surface area contributed by atoms with E-state index in [9.17, 15) is 4.79 Å². The topological polar surface area (TPSA) is 46.9 Å². The van der Waals surface area contributed by atoms with Crippen molar-refractivity contribution in [3.8, 4) is 5.75 Å². The predicted octanol–water partition coefficient (Wildman–Crippen LogP) is 2.38. The first-order chi connectivity index (χ1) is 11.6. The minimum absolute atomic E-state index is 0.0407. The van der Waals surface area contributed by atoms with E-state index in [1.165, 1.54) is 5.69 Å². The van der Waals surface area contributed by atoms with Crippen molar-refractivity contribution in [3.05, 3.63) is 53.3 Å². The first-order valence-electron chi connectivity index (χ1n) is 8.05. The molecule has 0 radical (unpaired) electrons. The summed E-state index contributed by atoms with van der Waals surface area (Å²) in [5.74, 6) is 0.747. The number of H-pyrrole nitrogens is 1. The summed E-state index contributed by atoms with van der Waals surface area (Å²) in [5, 5.41) is 0. The second-order valence-electron chi connectivity index (χ2n) is 5.78. The maximum absolute atomic E-state index is 12.6. The Morgan fingerprint density at radius 2 is 1.71 bits per heavy atom. The Morgan fingerprint density at radius 3 is 2.33 bits per heavy atom. The molecule has 2 aromatic rings. The summed E-state index contributed by atoms with van der Waals surface area (Å²) < 4.78 is 6.76. The Labute approximate surface area is 150 Å². The van der Waals surface area contributed by atoms with Gasteiger partial charge in [0.2, 0.25) is 0 Å². The van der Waals surface area contributed by atoms with Gasteiger partial charge in [0.25, 0.3) is 5.91 Å². The van der Waals surface area contributed by atoms with Crippen LogP contribution in [0.2, 0.25) is 0 Å². The minimum atomic E-state index is -0.482. The number of nitrogens with zero attached hydrogens (tertiary/aromatic N) is 2. The fourth-order valence-electron chi connectivity index (χ4n) is 2.80. The van der Waals surface area contributed by atoms with Gasteiger partial charge in [-0.3, -0.25) is 4.79 Å². The largest absolute Gasteiger partial charge is 0.481 e. The smallest absolute Gasteiger partial charge is 0.263 e. The van der Waals surface area contributed by atoms with Crippen molar-refractivity contribution in [2.75, 3.05) is 31.1 Å². The molecular weight excluding hydrogens is 370 g/mol. The number of aromatic nitrogens is 1. The zero-order chi connectivity index (χ0) is 16.9. The van der Waals surface area contributed by atoms with E-state index in [4.69, 9.17) is 4.74 Å². The SMILES string of the molecule is C[C@H](Oc1ccc(Br)cc1)C(=O)N1CCN(c2cc[nH+]cc2)CC1. The molecule has 3 rings (SSSR count). The number of pyridine rings is 1. The monoisotopic (exact) mass is 390 g/mol. The molecule has 0 spiro atoms. The molecular formula is C18H21BrN3O2+. The highest BCUT2D eigenvalue weighted by Gasteiger charge is 2.26. The lowest BCUT2D eigenvalue weighted by Crippen LogP contribution is -2.52. The quantitative estimate of drug-likeness (QED) is 0.804. The summed E-state index contributed by atoms with van der Waals surface area (Å²) in [4.78, 5) is 19.8. The number of hydrogen-bond donors (Lipinski definition) is 0. The van der Waals surface area contributed by atoms with E-state index in [1.54, 1.807) is 0 Å². The van der Waals surface area contributed by atoms with Gasteiger partial charge in [-0.1, -0.05) is 15.9 Å². The van der Waals surface area contributed by atoms with Gasteiger partial charge in [-0.25, -0.2) is 4.98 Å². The predicted molar refractivity (Wildman–Crippen MR) is 96.0 cm³/mol. The molecule has 1 atom stereocenters. The molecule has 5 nitrogen and oxygen atoms in total. The normalized spacial score (nSPS) is 15.9. The number of carbonyl (C=O) groups is 1. The van der Waals surface area contributed by atoms with Crippen LogP contribution in [-0.4, -0.2) is 43.1 Å². The lowest BCUT2D eigenvalue weighted by atomic mass is 10.2. The fraction of sp³-hybridized carbons (Fsp3) is 0.333. The van der Waals surface area contributed by atoms with Crippen LogP contribution in [0.4, 0.5) is 5.69 Å². The van der Waals surface area contributed by atoms with Crippen molar-refractivity contribution < 1.29 is 14.5 Å². The average molecular weight is 391 g/mol. The number of nitrogens with one attached hydrogen (secondary N) is 1. The van der Waals surface area contributed by atoms with Crippen LogP contribution in [0.15, 0.2) is 53.3 Å². The van der Waals surface area contributed by atoms with E-state index in [2.05, 4.69) is 37.9 Å². The number of carbonyl (C=O) groups excluding carboxylic acids is 1. The molecule has 126 valence electrons. The molecule has 1 saturated heterocycles. The lowest BCUT2D eigenvalue weighted by Gasteiger charge is -2.36. The van der Waals surface area contributed by atoms with Crippen LogP contribution in [0.5, 0.6) is 5.75 Å². The highest BCUT2D eigenvalue weighted by atomic mass is 79.9. The standard InChI is InChI=1S/C18H20BrN3O2/c1-14(24-17-4-2-15(19)3-5-17)18(23)22-12-10-21(11-13-22)16-6-8-20-9-7-16/h2-9,14H,10-13H2,1H3/p+1/t14-/m0/s1. The average Bonchev–Trinajstić information content (AvgIpc) is 2.64. The number of hydrogen-bond acceptors (Lipinski definition) is 3. The zero-order valence-corrected chi connectivity index (χ0v) is 15.2. The summed E-state index contributed by atoms with van der Waals surface area (Å²) in [6, 6.07) is 11.6. The molecule has 24 heavy (non-hydrogen) atoms. The molecule has 6 heteroatoms. The van der Waals surface area contributed by atoms with Gasteiger partial charge in [0.05, 0.1) is 0 Å². The highest BCUT2D eigenvalue weighted by Crippen LogP contribution is 2.19. The van der Waals surface area contributed by atoms with Crippen LogP contribution in [0.25, 0.3) is 0 Å². The number of piperazine rings is 1. The number of ether oxygens (including phenoxy) is 1. The van der Waals surface area contributed by atoms with Gasteiger partial charge in [0.1, 0.15) is 5.75 Å². The summed E-state index contributed by atoms with van der Waals surface area (Å²) >= 11 is 3.39. The van der Waals surface area contributed by atoms with Gasteiger partial charge in [-0.15, -0.1) is 0 Å². The van der Waals surface area contributed by atoms with Gasteiger partial charge < -0.3 is 14.5 Å². The number of anilines is 1. The molecule has 1 aliphatic heterocycles. The Balaban J connectivity index is 1.53. The van der Waals surface area contributed by atoms with E-state index in [1.807, 2.05) is 48.5 Å². The van der Waals surface area contributed by atoms with Crippen molar-refractivity contribution in [1.29, 1.82) is 0 Å². The number of aromatic amines is 1. The first-order valence-corrected chi connectivity index (χ1v) is 8.85. The number of halogens is 1. The Hall–Kier alpha value is -2.08. The van der Waals surface area contributed by atoms with Crippen LogP contribution in [0.1, 0.15) is 6.92 Å². The first kappa shape index (κ1) is 16.8. The van der Waals surface area contributed by atoms with Crippen LogP contribution in [0.3, 0.4) is 0 Å². The van der Waals surface area contributed by atoms with E-state index in [0.717, 1.165) is 17.6 Å². The molecule has 1 fully saturated rings. The van der Waals surface area contributed by atoms with Gasteiger partial charge in [0.15, 0.2) is 18.5 Å². The Morgan fingerprint density at radius 1 is 1.08 bits per heavy atom. The zero-order valence-electron chi connectivity index (χ0n) is 13.6. The molecule has 1 aromatic carbocycles. The third kappa shape index (κ3) is 4.06. The second kappa shape index (κ2) is 7.66. The van der Waals surface area contributed by atoms with Gasteiger partial charge >= 0.3 is 0 Å². The van der Waals surface area contributed by atoms with Gasteiger partial charge in [0, 0.05) is 48.5 Å². The summed E-state index contributed by atoms with van der Waals surface area (Å²) in [6.45, 7) is 4.91. The maximum atomic E-state index is 12.6. The lowest BCUT2D eigenvalue weighted by molar-refractivity contribution is -0.377. The molecule has 1 aromatic heterocycles. The summed E-state index contributed by atoms with van der Waals surface area (Å²) in [7, 11) is 0. The van der Waals surface area contributed by atoms with Crippen molar-refractivity contribution in [2.24, 2.45) is 0 Å². The number of amides is 1. The Bertz CT molecular complexity index is 670. The number of benzene rings is 1. The highest BCUT2D eigenvalue weighted by molar-refractivity contribution is 9.10. The van der Waals surface area contributed by atoms with Crippen LogP contribution >= 0.6 is 15.9 Å². The third-order valence-corrected chi connectivity index (χ3v) is 4.66. The van der Waals surface area contributed by atoms with Gasteiger partial charge in [-0.2, -0.15) is 0 Å². The van der Waals surface area contributed by atoms with Gasteiger partial charge in [-0.05, 0) is 31.2 Å².